The van der Waals surface area contributed by atoms with E-state index in [0.717, 1.165) is 38.8 Å². The molecule has 1 heterocycles. The van der Waals surface area contributed by atoms with E-state index in [-0.39, 0.29) is 52.8 Å². The molecule has 0 aromatic heterocycles. The van der Waals surface area contributed by atoms with E-state index < -0.39 is 11.7 Å². The minimum absolute atomic E-state index is 0.0657. The van der Waals surface area contributed by atoms with Gasteiger partial charge in [0.2, 0.25) is 0 Å². The summed E-state index contributed by atoms with van der Waals surface area (Å²) in [5.41, 5.74) is -0.788. The summed E-state index contributed by atoms with van der Waals surface area (Å²) in [6, 6.07) is 0.253. The largest absolute Gasteiger partial charge is 0.392 e. The van der Waals surface area contributed by atoms with Gasteiger partial charge in [-0.05, 0) is 49.5 Å². The predicted octanol–water partition coefficient (Wildman–Crippen LogP) is 1.25. The van der Waals surface area contributed by atoms with E-state index in [0.29, 0.717) is 12.3 Å². The first-order valence-corrected chi connectivity index (χ1v) is 11.2. The van der Waals surface area contributed by atoms with Crippen molar-refractivity contribution in [2.75, 3.05) is 20.2 Å². The lowest BCUT2D eigenvalue weighted by Crippen LogP contribution is -2.75. The van der Waals surface area contributed by atoms with E-state index in [1.54, 1.807) is 7.11 Å². The molecule has 7 bridgehead atoms. The molecular formula is C22H35NO4. The number of rotatable bonds is 2. The van der Waals surface area contributed by atoms with Crippen LogP contribution in [0.2, 0.25) is 0 Å². The fourth-order valence-electron chi connectivity index (χ4n) is 10.1. The van der Waals surface area contributed by atoms with Crippen LogP contribution in [0, 0.1) is 40.4 Å². The SMILES string of the molecule is CCN1C[C@]2(C)CC[C@H](O)[C@@]34[C@H]5C[C@H]6[C@H](O)[C@@H]5[C@](O)(C[C@@H]6OC)[C@@H](C[C@@H]23)[C@@H]14. The number of aliphatic hydroxyl groups is 3. The average Bonchev–Trinajstić information content (AvgIpc) is 3.07. The Balaban J connectivity index is 1.59. The lowest BCUT2D eigenvalue weighted by Gasteiger charge is -2.68. The van der Waals surface area contributed by atoms with Gasteiger partial charge in [0.1, 0.15) is 0 Å². The Morgan fingerprint density at radius 2 is 1.96 bits per heavy atom. The normalized spacial score (nSPS) is 66.2. The molecule has 152 valence electrons. The summed E-state index contributed by atoms with van der Waals surface area (Å²) in [5.74, 6) is 0.840. The zero-order chi connectivity index (χ0) is 18.9. The summed E-state index contributed by atoms with van der Waals surface area (Å²) < 4.78 is 5.79. The topological polar surface area (TPSA) is 73.2 Å². The minimum Gasteiger partial charge on any atom is -0.392 e. The average molecular weight is 378 g/mol. The molecule has 0 aromatic rings. The zero-order valence-electron chi connectivity index (χ0n) is 16.8. The summed E-state index contributed by atoms with van der Waals surface area (Å²) in [7, 11) is 1.73. The number of nitrogens with zero attached hydrogens (tertiary/aromatic N) is 1. The Morgan fingerprint density at radius 3 is 2.67 bits per heavy atom. The number of aliphatic hydroxyl groups excluding tert-OH is 2. The molecule has 6 fully saturated rings. The van der Waals surface area contributed by atoms with Crippen molar-refractivity contribution in [2.45, 2.75) is 75.9 Å². The van der Waals surface area contributed by atoms with Crippen LogP contribution in [0.25, 0.3) is 0 Å². The lowest BCUT2D eigenvalue weighted by atomic mass is 9.43. The first-order chi connectivity index (χ1) is 12.8. The molecular weight excluding hydrogens is 342 g/mol. The van der Waals surface area contributed by atoms with Crippen molar-refractivity contribution >= 4 is 0 Å². The smallest absolute Gasteiger partial charge is 0.0771 e. The van der Waals surface area contributed by atoms with Gasteiger partial charge in [-0.3, -0.25) is 4.90 Å². The van der Waals surface area contributed by atoms with Crippen LogP contribution in [0.1, 0.15) is 46.0 Å². The van der Waals surface area contributed by atoms with E-state index in [1.807, 2.05) is 0 Å². The maximum Gasteiger partial charge on any atom is 0.0771 e. The third kappa shape index (κ3) is 1.66. The second kappa shape index (κ2) is 5.10. The molecule has 1 saturated heterocycles. The lowest BCUT2D eigenvalue weighted by molar-refractivity contribution is -0.266. The van der Waals surface area contributed by atoms with Crippen LogP contribution in [0.15, 0.2) is 0 Å². The summed E-state index contributed by atoms with van der Waals surface area (Å²) in [5, 5.41) is 34.9. The van der Waals surface area contributed by atoms with Gasteiger partial charge >= 0.3 is 0 Å². The van der Waals surface area contributed by atoms with Gasteiger partial charge in [-0.1, -0.05) is 13.8 Å². The van der Waals surface area contributed by atoms with E-state index in [1.165, 1.54) is 0 Å². The molecule has 6 aliphatic rings. The Morgan fingerprint density at radius 1 is 1.19 bits per heavy atom. The Labute approximate surface area is 162 Å². The standard InChI is InChI=1S/C22H35NO4/c1-4-23-10-20(2)6-5-16(24)22-12-7-11-14(27-3)9-21(26,17(12)18(11)25)13(19(22)23)8-15(20)22/h11-19,24-26H,4-10H2,1-3H3/t11-,12+,13+,14+,15+,16+,17-,18+,19-,20+,21+,22-/m1/s1. The summed E-state index contributed by atoms with van der Waals surface area (Å²) in [6.45, 7) is 6.74. The number of methoxy groups -OCH3 is 1. The van der Waals surface area contributed by atoms with Crippen LogP contribution in [0.3, 0.4) is 0 Å². The van der Waals surface area contributed by atoms with Crippen molar-refractivity contribution < 1.29 is 20.1 Å². The summed E-state index contributed by atoms with van der Waals surface area (Å²) >= 11 is 0. The molecule has 5 aliphatic carbocycles. The monoisotopic (exact) mass is 377 g/mol. The molecule has 0 aromatic carbocycles. The first kappa shape index (κ1) is 17.6. The molecule has 1 aliphatic heterocycles. The molecule has 3 N–H and O–H groups in total. The number of piperidine rings is 1. The fourth-order valence-corrected chi connectivity index (χ4v) is 10.1. The molecule has 27 heavy (non-hydrogen) atoms. The van der Waals surface area contributed by atoms with E-state index in [2.05, 4.69) is 18.7 Å². The molecule has 5 saturated carbocycles. The van der Waals surface area contributed by atoms with Gasteiger partial charge in [0.25, 0.3) is 0 Å². The van der Waals surface area contributed by atoms with Crippen molar-refractivity contribution in [1.29, 1.82) is 0 Å². The second-order valence-electron chi connectivity index (χ2n) is 11.1. The van der Waals surface area contributed by atoms with E-state index >= 15 is 0 Å². The van der Waals surface area contributed by atoms with E-state index in [9.17, 15) is 15.3 Å². The van der Waals surface area contributed by atoms with Gasteiger partial charge in [0, 0.05) is 49.3 Å². The Hall–Kier alpha value is -0.200. The molecule has 6 rings (SSSR count). The van der Waals surface area contributed by atoms with E-state index in [4.69, 9.17) is 4.74 Å². The molecule has 5 nitrogen and oxygen atoms in total. The Kier molecular flexibility index (Phi) is 3.33. The molecule has 0 amide bonds. The Bertz CT molecular complexity index is 673. The number of ether oxygens (including phenoxy) is 1. The zero-order valence-corrected chi connectivity index (χ0v) is 16.8. The number of likely N-dealkylation sites (tertiary alicyclic amines) is 1. The van der Waals surface area contributed by atoms with Crippen molar-refractivity contribution in [3.8, 4) is 0 Å². The van der Waals surface area contributed by atoms with Gasteiger partial charge in [-0.15, -0.1) is 0 Å². The highest BCUT2D eigenvalue weighted by Crippen LogP contribution is 2.78. The van der Waals surface area contributed by atoms with Crippen LogP contribution < -0.4 is 0 Å². The van der Waals surface area contributed by atoms with Crippen molar-refractivity contribution in [3.05, 3.63) is 0 Å². The highest BCUT2D eigenvalue weighted by molar-refractivity contribution is 5.32. The van der Waals surface area contributed by atoms with Crippen LogP contribution >= 0.6 is 0 Å². The van der Waals surface area contributed by atoms with Gasteiger partial charge in [-0.25, -0.2) is 0 Å². The van der Waals surface area contributed by atoms with Gasteiger partial charge < -0.3 is 20.1 Å². The van der Waals surface area contributed by atoms with Crippen LogP contribution in [-0.4, -0.2) is 70.4 Å². The fraction of sp³-hybridized carbons (Fsp3) is 1.00. The minimum atomic E-state index is -0.858. The third-order valence-corrected chi connectivity index (χ3v) is 10.7. The van der Waals surface area contributed by atoms with Crippen LogP contribution in [-0.2, 0) is 4.74 Å². The molecule has 12 atom stereocenters. The summed E-state index contributed by atoms with van der Waals surface area (Å²) in [4.78, 5) is 2.60. The first-order valence-electron chi connectivity index (χ1n) is 11.2. The quantitative estimate of drug-likeness (QED) is 0.676. The third-order valence-electron chi connectivity index (χ3n) is 10.7. The number of hydrogen-bond donors (Lipinski definition) is 3. The van der Waals surface area contributed by atoms with Crippen molar-refractivity contribution in [2.24, 2.45) is 40.4 Å². The highest BCUT2D eigenvalue weighted by atomic mass is 16.5. The second-order valence-corrected chi connectivity index (χ2v) is 11.1. The maximum atomic E-state index is 12.1. The predicted molar refractivity (Wildman–Crippen MR) is 99.9 cm³/mol. The molecule has 1 spiro atoms. The van der Waals surface area contributed by atoms with Gasteiger partial charge in [0.15, 0.2) is 0 Å². The van der Waals surface area contributed by atoms with Gasteiger partial charge in [-0.2, -0.15) is 0 Å². The molecule has 5 heteroatoms. The number of fused-ring (bicyclic) bond motifs is 2. The maximum absolute atomic E-state index is 12.1. The van der Waals surface area contributed by atoms with Crippen molar-refractivity contribution in [3.63, 3.8) is 0 Å². The highest BCUT2D eigenvalue weighted by Gasteiger charge is 2.82. The van der Waals surface area contributed by atoms with Crippen LogP contribution in [0.4, 0.5) is 0 Å². The molecule has 0 radical (unpaired) electrons. The summed E-state index contributed by atoms with van der Waals surface area (Å²) in [6.07, 6.45) is 3.66. The van der Waals surface area contributed by atoms with Gasteiger partial charge in [0.05, 0.1) is 23.9 Å². The number of hydrogen-bond acceptors (Lipinski definition) is 5. The molecule has 0 unspecified atom stereocenters. The van der Waals surface area contributed by atoms with Crippen LogP contribution in [0.5, 0.6) is 0 Å². The van der Waals surface area contributed by atoms with Crippen molar-refractivity contribution in [1.82, 2.24) is 4.90 Å².